The average molecular weight is 263 g/mol. The molecule has 92 valence electrons. The largest absolute Gasteiger partial charge is 0.325 e. The summed E-state index contributed by atoms with van der Waals surface area (Å²) in [6.07, 6.45) is 3.02. The van der Waals surface area contributed by atoms with Crippen molar-refractivity contribution in [2.24, 2.45) is 5.73 Å². The Morgan fingerprint density at radius 2 is 2.17 bits per heavy atom. The summed E-state index contributed by atoms with van der Waals surface area (Å²) in [6, 6.07) is 6.54. The van der Waals surface area contributed by atoms with Gasteiger partial charge in [-0.25, -0.2) is 4.98 Å². The van der Waals surface area contributed by atoms with Gasteiger partial charge in [0.2, 0.25) is 0 Å². The highest BCUT2D eigenvalue weighted by Crippen LogP contribution is 2.11. The van der Waals surface area contributed by atoms with Crippen molar-refractivity contribution >= 4 is 23.3 Å². The SMILES string of the molecule is NCc1cc(C(=O)Nc2ccc(Cl)cn2)ccn1. The molecule has 1 amide bonds. The zero-order valence-corrected chi connectivity index (χ0v) is 10.2. The summed E-state index contributed by atoms with van der Waals surface area (Å²) in [7, 11) is 0. The Hall–Kier alpha value is -1.98. The van der Waals surface area contributed by atoms with Crippen LogP contribution in [0.5, 0.6) is 0 Å². The van der Waals surface area contributed by atoms with E-state index in [1.807, 2.05) is 0 Å². The van der Waals surface area contributed by atoms with Gasteiger partial charge in [0, 0.05) is 24.5 Å². The lowest BCUT2D eigenvalue weighted by Crippen LogP contribution is -2.14. The van der Waals surface area contributed by atoms with Crippen LogP contribution in [0.2, 0.25) is 5.02 Å². The second kappa shape index (κ2) is 5.57. The summed E-state index contributed by atoms with van der Waals surface area (Å²) in [5, 5.41) is 3.18. The predicted molar refractivity (Wildman–Crippen MR) is 69.3 cm³/mol. The topological polar surface area (TPSA) is 80.9 Å². The second-order valence-electron chi connectivity index (χ2n) is 3.56. The van der Waals surface area contributed by atoms with Gasteiger partial charge in [0.15, 0.2) is 0 Å². The van der Waals surface area contributed by atoms with E-state index >= 15 is 0 Å². The maximum absolute atomic E-state index is 11.9. The highest BCUT2D eigenvalue weighted by atomic mass is 35.5. The summed E-state index contributed by atoms with van der Waals surface area (Å²) in [5.41, 5.74) is 6.61. The van der Waals surface area contributed by atoms with E-state index in [1.54, 1.807) is 30.5 Å². The van der Waals surface area contributed by atoms with Gasteiger partial charge in [0.1, 0.15) is 5.82 Å². The number of carbonyl (C=O) groups is 1. The highest BCUT2D eigenvalue weighted by Gasteiger charge is 2.07. The number of halogens is 1. The Balaban J connectivity index is 2.14. The van der Waals surface area contributed by atoms with E-state index in [-0.39, 0.29) is 5.91 Å². The third-order valence-electron chi connectivity index (χ3n) is 2.26. The Morgan fingerprint density at radius 1 is 1.33 bits per heavy atom. The number of rotatable bonds is 3. The van der Waals surface area contributed by atoms with Crippen LogP contribution in [-0.2, 0) is 6.54 Å². The number of nitrogens with two attached hydrogens (primary N) is 1. The van der Waals surface area contributed by atoms with Crippen LogP contribution in [0.25, 0.3) is 0 Å². The zero-order valence-electron chi connectivity index (χ0n) is 9.43. The molecule has 2 heterocycles. The Kier molecular flexibility index (Phi) is 3.86. The Labute approximate surface area is 109 Å². The molecule has 0 radical (unpaired) electrons. The molecule has 18 heavy (non-hydrogen) atoms. The fraction of sp³-hybridized carbons (Fsp3) is 0.0833. The fourth-order valence-electron chi connectivity index (χ4n) is 1.37. The van der Waals surface area contributed by atoms with E-state index in [0.717, 1.165) is 0 Å². The molecule has 0 aliphatic heterocycles. The van der Waals surface area contributed by atoms with Crippen LogP contribution in [0.3, 0.4) is 0 Å². The minimum Gasteiger partial charge on any atom is -0.325 e. The van der Waals surface area contributed by atoms with Gasteiger partial charge >= 0.3 is 0 Å². The molecule has 2 aromatic rings. The van der Waals surface area contributed by atoms with Crippen LogP contribution < -0.4 is 11.1 Å². The van der Waals surface area contributed by atoms with Gasteiger partial charge in [0.25, 0.3) is 5.91 Å². The van der Waals surface area contributed by atoms with Gasteiger partial charge in [0.05, 0.1) is 10.7 Å². The Bertz CT molecular complexity index is 556. The van der Waals surface area contributed by atoms with Gasteiger partial charge in [-0.2, -0.15) is 0 Å². The van der Waals surface area contributed by atoms with Crippen LogP contribution >= 0.6 is 11.6 Å². The van der Waals surface area contributed by atoms with E-state index in [9.17, 15) is 4.79 Å². The molecule has 0 fully saturated rings. The van der Waals surface area contributed by atoms with Crippen molar-refractivity contribution in [2.45, 2.75) is 6.54 Å². The standard InChI is InChI=1S/C12H11ClN4O/c13-9-1-2-11(16-7-9)17-12(18)8-3-4-15-10(5-8)6-14/h1-5,7H,6,14H2,(H,16,17,18). The number of amides is 1. The van der Waals surface area contributed by atoms with Crippen molar-refractivity contribution in [2.75, 3.05) is 5.32 Å². The van der Waals surface area contributed by atoms with E-state index in [1.165, 1.54) is 6.20 Å². The molecule has 0 saturated heterocycles. The molecule has 0 atom stereocenters. The van der Waals surface area contributed by atoms with Crippen molar-refractivity contribution in [3.63, 3.8) is 0 Å². The molecule has 5 nitrogen and oxygen atoms in total. The minimum atomic E-state index is -0.262. The lowest BCUT2D eigenvalue weighted by Gasteiger charge is -2.05. The molecule has 0 bridgehead atoms. The molecular weight excluding hydrogens is 252 g/mol. The number of hydrogen-bond acceptors (Lipinski definition) is 4. The second-order valence-corrected chi connectivity index (χ2v) is 3.99. The highest BCUT2D eigenvalue weighted by molar-refractivity contribution is 6.30. The maximum atomic E-state index is 11.9. The monoisotopic (exact) mass is 262 g/mol. The number of nitrogens with one attached hydrogen (secondary N) is 1. The third kappa shape index (κ3) is 3.03. The molecule has 0 aliphatic carbocycles. The summed E-state index contributed by atoms with van der Waals surface area (Å²) < 4.78 is 0. The van der Waals surface area contributed by atoms with Crippen molar-refractivity contribution in [3.05, 3.63) is 52.9 Å². The lowest BCUT2D eigenvalue weighted by molar-refractivity contribution is 0.102. The molecule has 0 aliphatic rings. The van der Waals surface area contributed by atoms with Crippen molar-refractivity contribution in [1.29, 1.82) is 0 Å². The first-order valence-corrected chi connectivity index (χ1v) is 5.65. The van der Waals surface area contributed by atoms with Crippen molar-refractivity contribution in [1.82, 2.24) is 9.97 Å². The molecule has 2 aromatic heterocycles. The predicted octanol–water partition coefficient (Wildman–Crippen LogP) is 1.84. The summed E-state index contributed by atoms with van der Waals surface area (Å²) in [4.78, 5) is 19.9. The Morgan fingerprint density at radius 3 is 2.83 bits per heavy atom. The van der Waals surface area contributed by atoms with Crippen LogP contribution in [0, 0.1) is 0 Å². The number of anilines is 1. The average Bonchev–Trinajstić information content (AvgIpc) is 2.41. The molecule has 0 saturated carbocycles. The number of carbonyl (C=O) groups excluding carboxylic acids is 1. The normalized spacial score (nSPS) is 10.1. The molecular formula is C12H11ClN4O. The van der Waals surface area contributed by atoms with Crippen LogP contribution in [0.15, 0.2) is 36.7 Å². The summed E-state index contributed by atoms with van der Waals surface area (Å²) >= 11 is 5.71. The van der Waals surface area contributed by atoms with Crippen molar-refractivity contribution in [3.8, 4) is 0 Å². The van der Waals surface area contributed by atoms with Crippen LogP contribution in [0.1, 0.15) is 16.1 Å². The first kappa shape index (κ1) is 12.5. The van der Waals surface area contributed by atoms with Gasteiger partial charge in [-0.15, -0.1) is 0 Å². The van der Waals surface area contributed by atoms with Crippen LogP contribution in [0.4, 0.5) is 5.82 Å². The molecule has 2 rings (SSSR count). The van der Waals surface area contributed by atoms with Gasteiger partial charge in [-0.05, 0) is 24.3 Å². The number of hydrogen-bond donors (Lipinski definition) is 2. The van der Waals surface area contributed by atoms with E-state index in [2.05, 4.69) is 15.3 Å². The molecule has 0 aromatic carbocycles. The quantitative estimate of drug-likeness (QED) is 0.884. The fourth-order valence-corrected chi connectivity index (χ4v) is 1.48. The molecule has 3 N–H and O–H groups in total. The summed E-state index contributed by atoms with van der Waals surface area (Å²) in [5.74, 6) is 0.178. The van der Waals surface area contributed by atoms with Gasteiger partial charge < -0.3 is 11.1 Å². The first-order chi connectivity index (χ1) is 8.69. The zero-order chi connectivity index (χ0) is 13.0. The van der Waals surface area contributed by atoms with E-state index < -0.39 is 0 Å². The van der Waals surface area contributed by atoms with Crippen molar-refractivity contribution < 1.29 is 4.79 Å². The molecule has 0 unspecified atom stereocenters. The number of aromatic nitrogens is 2. The molecule has 0 spiro atoms. The van der Waals surface area contributed by atoms with E-state index in [0.29, 0.717) is 28.6 Å². The van der Waals surface area contributed by atoms with Gasteiger partial charge in [-0.3, -0.25) is 9.78 Å². The van der Waals surface area contributed by atoms with Crippen LogP contribution in [-0.4, -0.2) is 15.9 Å². The van der Waals surface area contributed by atoms with Gasteiger partial charge in [-0.1, -0.05) is 11.6 Å². The summed E-state index contributed by atoms with van der Waals surface area (Å²) in [6.45, 7) is 0.292. The first-order valence-electron chi connectivity index (χ1n) is 5.27. The molecule has 6 heteroatoms. The minimum absolute atomic E-state index is 0.262. The number of pyridine rings is 2. The number of nitrogens with zero attached hydrogens (tertiary/aromatic N) is 2. The third-order valence-corrected chi connectivity index (χ3v) is 2.48. The lowest BCUT2D eigenvalue weighted by atomic mass is 10.2. The maximum Gasteiger partial charge on any atom is 0.256 e. The smallest absolute Gasteiger partial charge is 0.256 e. The van der Waals surface area contributed by atoms with E-state index in [4.69, 9.17) is 17.3 Å².